The van der Waals surface area contributed by atoms with Crippen molar-refractivity contribution in [3.05, 3.63) is 116 Å². The summed E-state index contributed by atoms with van der Waals surface area (Å²) in [4.78, 5) is 32.1. The van der Waals surface area contributed by atoms with Gasteiger partial charge in [0.15, 0.2) is 17.5 Å². The van der Waals surface area contributed by atoms with Crippen molar-refractivity contribution in [2.75, 3.05) is 0 Å². The molecule has 0 N–H and O–H groups in total. The van der Waals surface area contributed by atoms with E-state index in [2.05, 4.69) is 74.5 Å². The Morgan fingerprint density at radius 3 is 1.65 bits per heavy atom. The van der Waals surface area contributed by atoms with Gasteiger partial charge in [-0.3, -0.25) is 0 Å². The molecule has 0 aliphatic heterocycles. The lowest BCUT2D eigenvalue weighted by molar-refractivity contribution is 1.08. The lowest BCUT2D eigenvalue weighted by Gasteiger charge is -2.11. The van der Waals surface area contributed by atoms with E-state index in [9.17, 15) is 0 Å². The predicted octanol–water partition coefficient (Wildman–Crippen LogP) is 7.07. The van der Waals surface area contributed by atoms with Gasteiger partial charge >= 0.3 is 0 Å². The second-order valence-electron chi connectivity index (χ2n) is 9.62. The smallest absolute Gasteiger partial charge is 0.164 e. The molecule has 0 aliphatic rings. The molecule has 7 heteroatoms. The van der Waals surface area contributed by atoms with Gasteiger partial charge in [0.25, 0.3) is 0 Å². The molecule has 0 amide bonds. The molecule has 0 radical (unpaired) electrons. The summed E-state index contributed by atoms with van der Waals surface area (Å²) in [7, 11) is 0. The molecule has 186 valence electrons. The Kier molecular flexibility index (Phi) is 4.99. The molecule has 0 saturated heterocycles. The van der Waals surface area contributed by atoms with Gasteiger partial charge in [-0.2, -0.15) is 0 Å². The maximum atomic E-state index is 5.01. The third-order valence-corrected chi connectivity index (χ3v) is 7.15. The van der Waals surface area contributed by atoms with Crippen molar-refractivity contribution in [1.82, 2.24) is 34.9 Å². The number of hydrogen-bond acceptors (Lipinski definition) is 7. The topological polar surface area (TPSA) is 90.2 Å². The van der Waals surface area contributed by atoms with Crippen LogP contribution in [0.5, 0.6) is 0 Å². The number of benzene rings is 5. The van der Waals surface area contributed by atoms with Crippen LogP contribution >= 0.6 is 0 Å². The van der Waals surface area contributed by atoms with Gasteiger partial charge in [0.1, 0.15) is 12.7 Å². The van der Waals surface area contributed by atoms with Crippen molar-refractivity contribution in [3.8, 4) is 34.2 Å². The highest BCUT2D eigenvalue weighted by molar-refractivity contribution is 6.04. The van der Waals surface area contributed by atoms with Crippen LogP contribution in [0.25, 0.3) is 77.5 Å². The summed E-state index contributed by atoms with van der Waals surface area (Å²) in [5.74, 6) is 1.76. The van der Waals surface area contributed by atoms with Crippen LogP contribution in [0.1, 0.15) is 0 Å². The fraction of sp³-hybridized carbons (Fsp3) is 0. The molecule has 0 bridgehead atoms. The lowest BCUT2D eigenvalue weighted by Crippen LogP contribution is -2.01. The highest BCUT2D eigenvalue weighted by atomic mass is 15.0. The summed E-state index contributed by atoms with van der Waals surface area (Å²) in [6, 6.07) is 31.0. The zero-order chi connectivity index (χ0) is 26.5. The Balaban J connectivity index is 1.39. The van der Waals surface area contributed by atoms with Crippen LogP contribution in [0.2, 0.25) is 0 Å². The third kappa shape index (κ3) is 3.80. The van der Waals surface area contributed by atoms with Gasteiger partial charge in [0.2, 0.25) is 0 Å². The van der Waals surface area contributed by atoms with Crippen molar-refractivity contribution >= 4 is 43.4 Å². The summed E-state index contributed by atoms with van der Waals surface area (Å²) in [6.45, 7) is 0. The highest BCUT2D eigenvalue weighted by Gasteiger charge is 2.15. The summed E-state index contributed by atoms with van der Waals surface area (Å²) >= 11 is 0. The maximum Gasteiger partial charge on any atom is 0.164 e. The van der Waals surface area contributed by atoms with E-state index in [-0.39, 0.29) is 0 Å². The maximum absolute atomic E-state index is 5.01. The Morgan fingerprint density at radius 1 is 0.425 bits per heavy atom. The van der Waals surface area contributed by atoms with Crippen LogP contribution in [-0.4, -0.2) is 34.9 Å². The lowest BCUT2D eigenvalue weighted by atomic mass is 9.99. The summed E-state index contributed by atoms with van der Waals surface area (Å²) < 4.78 is 0. The Morgan fingerprint density at radius 2 is 1.00 bits per heavy atom. The molecule has 5 aromatic carbocycles. The molecule has 0 atom stereocenters. The molecule has 0 aliphatic carbocycles. The first kappa shape index (κ1) is 22.3. The molecular weight excluding hydrogens is 494 g/mol. The zero-order valence-electron chi connectivity index (χ0n) is 21.1. The minimum atomic E-state index is 0.577. The molecule has 7 nitrogen and oxygen atoms in total. The Hall–Kier alpha value is -5.69. The minimum absolute atomic E-state index is 0.577. The van der Waals surface area contributed by atoms with Gasteiger partial charge in [-0.1, -0.05) is 42.5 Å². The van der Waals surface area contributed by atoms with Crippen LogP contribution in [0.15, 0.2) is 116 Å². The molecule has 0 saturated carbocycles. The summed E-state index contributed by atoms with van der Waals surface area (Å²) in [5, 5.41) is 6.42. The standard InChI is InChI=1S/C33H19N7/c1-2-5-21-15-28-22(12-20(21)4-1)6-3-7-27(28)33-39-31(23-8-10-29-25(13-23)16-34-18-36-29)38-32(40-33)24-9-11-30-26(14-24)17-35-19-37-30/h1-19H. The molecule has 8 aromatic rings. The van der Waals surface area contributed by atoms with E-state index in [4.69, 9.17) is 15.0 Å². The Bertz CT molecular complexity index is 2150. The number of hydrogen-bond donors (Lipinski definition) is 0. The number of nitrogens with zero attached hydrogens (tertiary/aromatic N) is 7. The van der Waals surface area contributed by atoms with E-state index in [1.807, 2.05) is 36.4 Å². The summed E-state index contributed by atoms with van der Waals surface area (Å²) in [5.41, 5.74) is 4.40. The number of rotatable bonds is 3. The SMILES string of the molecule is c1ccc2cc3c(-c4nc(-c5ccc6ncncc6c5)nc(-c5ccc6ncncc6c5)n4)cccc3cc2c1. The van der Waals surface area contributed by atoms with Gasteiger partial charge in [-0.25, -0.2) is 34.9 Å². The first-order valence-electron chi connectivity index (χ1n) is 12.9. The largest absolute Gasteiger partial charge is 0.244 e. The van der Waals surface area contributed by atoms with Crippen molar-refractivity contribution in [2.24, 2.45) is 0 Å². The first-order chi connectivity index (χ1) is 19.8. The van der Waals surface area contributed by atoms with Gasteiger partial charge in [0, 0.05) is 39.9 Å². The third-order valence-electron chi connectivity index (χ3n) is 7.15. The zero-order valence-corrected chi connectivity index (χ0v) is 21.1. The van der Waals surface area contributed by atoms with Crippen LogP contribution < -0.4 is 0 Å². The van der Waals surface area contributed by atoms with E-state index in [1.165, 1.54) is 10.8 Å². The second kappa shape index (κ2) is 8.96. The number of aromatic nitrogens is 7. The fourth-order valence-corrected chi connectivity index (χ4v) is 5.16. The van der Waals surface area contributed by atoms with Crippen LogP contribution in [-0.2, 0) is 0 Å². The van der Waals surface area contributed by atoms with Crippen LogP contribution in [0.4, 0.5) is 0 Å². The Labute approximate surface area is 228 Å². The molecule has 0 spiro atoms. The van der Waals surface area contributed by atoms with Crippen LogP contribution in [0, 0.1) is 0 Å². The van der Waals surface area contributed by atoms with Crippen molar-refractivity contribution in [1.29, 1.82) is 0 Å². The molecular formula is C33H19N7. The van der Waals surface area contributed by atoms with E-state index in [1.54, 1.807) is 25.0 Å². The molecule has 3 heterocycles. The van der Waals surface area contributed by atoms with Crippen molar-refractivity contribution in [3.63, 3.8) is 0 Å². The molecule has 40 heavy (non-hydrogen) atoms. The highest BCUT2D eigenvalue weighted by Crippen LogP contribution is 2.33. The monoisotopic (exact) mass is 513 g/mol. The minimum Gasteiger partial charge on any atom is -0.244 e. The van der Waals surface area contributed by atoms with E-state index < -0.39 is 0 Å². The van der Waals surface area contributed by atoms with E-state index in [0.29, 0.717) is 17.5 Å². The van der Waals surface area contributed by atoms with Gasteiger partial charge in [0.05, 0.1) is 11.0 Å². The first-order valence-corrected chi connectivity index (χ1v) is 12.9. The molecule has 0 unspecified atom stereocenters. The average molecular weight is 514 g/mol. The quantitative estimate of drug-likeness (QED) is 0.233. The normalized spacial score (nSPS) is 11.5. The van der Waals surface area contributed by atoms with Crippen LogP contribution in [0.3, 0.4) is 0 Å². The summed E-state index contributed by atoms with van der Waals surface area (Å²) in [6.07, 6.45) is 6.70. The van der Waals surface area contributed by atoms with E-state index in [0.717, 1.165) is 49.3 Å². The average Bonchev–Trinajstić information content (AvgIpc) is 3.02. The van der Waals surface area contributed by atoms with Gasteiger partial charge in [-0.15, -0.1) is 0 Å². The van der Waals surface area contributed by atoms with Gasteiger partial charge in [-0.05, 0) is 70.1 Å². The molecule has 8 rings (SSSR count). The molecule has 0 fully saturated rings. The van der Waals surface area contributed by atoms with Crippen molar-refractivity contribution < 1.29 is 0 Å². The molecule has 3 aromatic heterocycles. The van der Waals surface area contributed by atoms with Crippen molar-refractivity contribution in [2.45, 2.75) is 0 Å². The fourth-order valence-electron chi connectivity index (χ4n) is 5.16. The second-order valence-corrected chi connectivity index (χ2v) is 9.62. The van der Waals surface area contributed by atoms with Gasteiger partial charge < -0.3 is 0 Å². The van der Waals surface area contributed by atoms with E-state index >= 15 is 0 Å². The number of fused-ring (bicyclic) bond motifs is 4. The predicted molar refractivity (Wildman–Crippen MR) is 157 cm³/mol.